The first kappa shape index (κ1) is 11.0. The third-order valence-electron chi connectivity index (χ3n) is 1.86. The Labute approximate surface area is 87.6 Å². The van der Waals surface area contributed by atoms with Gasteiger partial charge in [0, 0.05) is 17.6 Å². The van der Waals surface area contributed by atoms with Gasteiger partial charge in [-0.15, -0.1) is 11.8 Å². The summed E-state index contributed by atoms with van der Waals surface area (Å²) in [5, 5.41) is 8.83. The predicted octanol–water partition coefficient (Wildman–Crippen LogP) is 2.35. The first-order valence-electron chi connectivity index (χ1n) is 4.47. The third kappa shape index (κ3) is 3.38. The van der Waals surface area contributed by atoms with E-state index in [1.54, 1.807) is 12.4 Å². The molecule has 1 heterocycles. The topological polar surface area (TPSA) is 50.2 Å². The van der Waals surface area contributed by atoms with Gasteiger partial charge in [-0.1, -0.05) is 6.92 Å². The average Bonchev–Trinajstić information content (AvgIpc) is 2.20. The monoisotopic (exact) mass is 211 g/mol. The highest BCUT2D eigenvalue weighted by Crippen LogP contribution is 2.30. The van der Waals surface area contributed by atoms with Crippen LogP contribution in [0.25, 0.3) is 0 Å². The van der Waals surface area contributed by atoms with Crippen molar-refractivity contribution >= 4 is 17.7 Å². The summed E-state index contributed by atoms with van der Waals surface area (Å²) in [7, 11) is 0. The molecule has 1 aromatic heterocycles. The summed E-state index contributed by atoms with van der Waals surface area (Å²) in [6.07, 6.45) is 4.40. The van der Waals surface area contributed by atoms with Crippen LogP contribution in [0.3, 0.4) is 0 Å². The van der Waals surface area contributed by atoms with E-state index in [1.807, 2.05) is 12.1 Å². The Bertz CT molecular complexity index is 289. The number of carbonyl (C=O) groups is 1. The fraction of sp³-hybridized carbons (Fsp3) is 0.400. The molecule has 14 heavy (non-hydrogen) atoms. The molecule has 0 saturated heterocycles. The largest absolute Gasteiger partial charge is 0.481 e. The number of carboxylic acid groups (broad SMARTS) is 1. The van der Waals surface area contributed by atoms with Crippen molar-refractivity contribution in [2.24, 2.45) is 0 Å². The van der Waals surface area contributed by atoms with Gasteiger partial charge in [0.25, 0.3) is 0 Å². The first-order chi connectivity index (χ1) is 6.74. The molecule has 0 bridgehead atoms. The van der Waals surface area contributed by atoms with Crippen LogP contribution in [0, 0.1) is 0 Å². The van der Waals surface area contributed by atoms with Crippen molar-refractivity contribution in [2.75, 3.05) is 5.75 Å². The van der Waals surface area contributed by atoms with Crippen molar-refractivity contribution in [1.29, 1.82) is 0 Å². The number of hydrogen-bond acceptors (Lipinski definition) is 3. The molecule has 0 aliphatic rings. The highest BCUT2D eigenvalue weighted by Gasteiger charge is 2.10. The lowest BCUT2D eigenvalue weighted by Gasteiger charge is -2.12. The minimum absolute atomic E-state index is 0.154. The number of thioether (sulfide) groups is 1. The lowest BCUT2D eigenvalue weighted by atomic mass is 10.1. The fourth-order valence-electron chi connectivity index (χ4n) is 1.20. The molecule has 0 radical (unpaired) electrons. The number of carboxylic acids is 1. The maximum absolute atomic E-state index is 10.4. The van der Waals surface area contributed by atoms with Crippen LogP contribution in [0.1, 0.15) is 24.2 Å². The van der Waals surface area contributed by atoms with Crippen LogP contribution in [-0.2, 0) is 4.79 Å². The van der Waals surface area contributed by atoms with Gasteiger partial charge in [-0.25, -0.2) is 0 Å². The summed E-state index contributed by atoms with van der Waals surface area (Å²) >= 11 is 1.46. The van der Waals surface area contributed by atoms with Gasteiger partial charge in [0.1, 0.15) is 0 Å². The van der Waals surface area contributed by atoms with Crippen molar-refractivity contribution in [3.63, 3.8) is 0 Å². The summed E-state index contributed by atoms with van der Waals surface area (Å²) in [6, 6.07) is 3.87. The quantitative estimate of drug-likeness (QED) is 0.812. The van der Waals surface area contributed by atoms with Gasteiger partial charge in [-0.05, 0) is 24.1 Å². The van der Waals surface area contributed by atoms with Crippen LogP contribution >= 0.6 is 11.8 Å². The van der Waals surface area contributed by atoms with Crippen molar-refractivity contribution in [3.05, 3.63) is 30.1 Å². The zero-order valence-corrected chi connectivity index (χ0v) is 8.83. The van der Waals surface area contributed by atoms with E-state index in [0.29, 0.717) is 0 Å². The normalized spacial score (nSPS) is 12.4. The van der Waals surface area contributed by atoms with Crippen LogP contribution in [0.4, 0.5) is 0 Å². The molecule has 0 spiro atoms. The minimum Gasteiger partial charge on any atom is -0.481 e. The van der Waals surface area contributed by atoms with Gasteiger partial charge < -0.3 is 5.11 Å². The number of aromatic nitrogens is 1. The summed E-state index contributed by atoms with van der Waals surface area (Å²) in [4.78, 5) is 14.3. The Hall–Kier alpha value is -1.03. The maximum atomic E-state index is 10.4. The van der Waals surface area contributed by atoms with Gasteiger partial charge in [-0.3, -0.25) is 9.78 Å². The van der Waals surface area contributed by atoms with E-state index in [9.17, 15) is 4.79 Å². The molecular weight excluding hydrogens is 198 g/mol. The molecule has 1 unspecified atom stereocenters. The average molecular weight is 211 g/mol. The molecule has 1 aromatic rings. The van der Waals surface area contributed by atoms with E-state index >= 15 is 0 Å². The van der Waals surface area contributed by atoms with Gasteiger partial charge in [0.05, 0.1) is 5.75 Å². The molecule has 0 aromatic carbocycles. The number of pyridine rings is 1. The second kappa shape index (κ2) is 5.65. The van der Waals surface area contributed by atoms with Gasteiger partial charge in [0.15, 0.2) is 0 Å². The SMILES string of the molecule is CCC(SCC(=O)O)c1ccncc1. The predicted molar refractivity (Wildman–Crippen MR) is 57.4 cm³/mol. The standard InChI is InChI=1S/C10H13NO2S/c1-2-9(14-7-10(12)13)8-3-5-11-6-4-8/h3-6,9H,2,7H2,1H3,(H,12,13). The summed E-state index contributed by atoms with van der Waals surface area (Å²) in [5.41, 5.74) is 1.15. The Morgan fingerprint density at radius 3 is 2.71 bits per heavy atom. The van der Waals surface area contributed by atoms with Crippen LogP contribution in [0.5, 0.6) is 0 Å². The third-order valence-corrected chi connectivity index (χ3v) is 3.28. The number of rotatable bonds is 5. The van der Waals surface area contributed by atoms with Crippen LogP contribution in [0.2, 0.25) is 0 Å². The summed E-state index contributed by atoms with van der Waals surface area (Å²) in [6.45, 7) is 2.06. The van der Waals surface area contributed by atoms with Gasteiger partial charge in [-0.2, -0.15) is 0 Å². The Morgan fingerprint density at radius 1 is 1.57 bits per heavy atom. The van der Waals surface area contributed by atoms with Crippen LogP contribution < -0.4 is 0 Å². The minimum atomic E-state index is -0.762. The van der Waals surface area contributed by atoms with E-state index in [1.165, 1.54) is 11.8 Å². The molecule has 0 aliphatic carbocycles. The molecule has 1 rings (SSSR count). The lowest BCUT2D eigenvalue weighted by Crippen LogP contribution is -2.02. The van der Waals surface area contributed by atoms with Crippen molar-refractivity contribution < 1.29 is 9.90 Å². The molecule has 1 atom stereocenters. The van der Waals surface area contributed by atoms with Crippen LogP contribution in [0.15, 0.2) is 24.5 Å². The molecule has 4 heteroatoms. The van der Waals surface area contributed by atoms with Crippen molar-refractivity contribution in [2.45, 2.75) is 18.6 Å². The Morgan fingerprint density at radius 2 is 2.21 bits per heavy atom. The second-order valence-corrected chi connectivity index (χ2v) is 4.07. The maximum Gasteiger partial charge on any atom is 0.313 e. The molecule has 0 aliphatic heterocycles. The van der Waals surface area contributed by atoms with Crippen LogP contribution in [-0.4, -0.2) is 21.8 Å². The van der Waals surface area contributed by atoms with Gasteiger partial charge in [0.2, 0.25) is 0 Å². The molecule has 76 valence electrons. The van der Waals surface area contributed by atoms with E-state index in [-0.39, 0.29) is 11.0 Å². The molecule has 0 amide bonds. The van der Waals surface area contributed by atoms with Crippen molar-refractivity contribution in [3.8, 4) is 0 Å². The molecule has 3 nitrogen and oxygen atoms in total. The number of hydrogen-bond donors (Lipinski definition) is 1. The molecule has 1 N–H and O–H groups in total. The Balaban J connectivity index is 2.58. The van der Waals surface area contributed by atoms with E-state index < -0.39 is 5.97 Å². The number of aliphatic carboxylic acids is 1. The van der Waals surface area contributed by atoms with E-state index in [4.69, 9.17) is 5.11 Å². The van der Waals surface area contributed by atoms with E-state index in [2.05, 4.69) is 11.9 Å². The second-order valence-electron chi connectivity index (χ2n) is 2.88. The molecule has 0 saturated carbocycles. The first-order valence-corrected chi connectivity index (χ1v) is 5.52. The zero-order chi connectivity index (χ0) is 10.4. The summed E-state index contributed by atoms with van der Waals surface area (Å²) in [5.74, 6) is -0.608. The number of nitrogens with zero attached hydrogens (tertiary/aromatic N) is 1. The smallest absolute Gasteiger partial charge is 0.313 e. The van der Waals surface area contributed by atoms with Gasteiger partial charge >= 0.3 is 5.97 Å². The summed E-state index contributed by atoms with van der Waals surface area (Å²) < 4.78 is 0. The molecular formula is C10H13NO2S. The Kier molecular flexibility index (Phi) is 4.46. The lowest BCUT2D eigenvalue weighted by molar-refractivity contribution is -0.133. The zero-order valence-electron chi connectivity index (χ0n) is 8.01. The van der Waals surface area contributed by atoms with Crippen molar-refractivity contribution in [1.82, 2.24) is 4.98 Å². The highest BCUT2D eigenvalue weighted by molar-refractivity contribution is 8.00. The fourth-order valence-corrected chi connectivity index (χ4v) is 2.13. The highest BCUT2D eigenvalue weighted by atomic mass is 32.2. The van der Waals surface area contributed by atoms with E-state index in [0.717, 1.165) is 12.0 Å². The molecule has 0 fully saturated rings.